The molecule has 8 heteroatoms. The summed E-state index contributed by atoms with van der Waals surface area (Å²) in [4.78, 5) is 24.5. The maximum atomic E-state index is 14.2. The van der Waals surface area contributed by atoms with E-state index in [-0.39, 0.29) is 42.7 Å². The van der Waals surface area contributed by atoms with Crippen molar-refractivity contribution in [3.8, 4) is 18.2 Å². The Morgan fingerprint density at radius 2 is 2.10 bits per heavy atom. The first-order chi connectivity index (χ1) is 14.1. The van der Waals surface area contributed by atoms with Crippen LogP contribution in [-0.2, 0) is 13.0 Å². The second-order valence-corrected chi connectivity index (χ2v) is 6.05. The molecular weight excluding hydrogens is 373 g/mol. The van der Waals surface area contributed by atoms with Crippen LogP contribution in [0.15, 0.2) is 48.9 Å². The van der Waals surface area contributed by atoms with E-state index in [1.807, 2.05) is 0 Å². The van der Waals surface area contributed by atoms with Crippen molar-refractivity contribution in [2.45, 2.75) is 13.0 Å². The third kappa shape index (κ3) is 5.26. The Hall–Kier alpha value is -3.99. The average molecular weight is 391 g/mol. The number of hydrogen-bond donors (Lipinski definition) is 2. The van der Waals surface area contributed by atoms with Gasteiger partial charge in [-0.2, -0.15) is 0 Å². The summed E-state index contributed by atoms with van der Waals surface area (Å²) in [5.41, 5.74) is 7.63. The summed E-state index contributed by atoms with van der Waals surface area (Å²) in [5, 5.41) is 3.04. The number of ketones is 1. The van der Waals surface area contributed by atoms with E-state index in [4.69, 9.17) is 16.9 Å². The summed E-state index contributed by atoms with van der Waals surface area (Å²) in [5.74, 6) is 2.25. The van der Waals surface area contributed by atoms with Crippen LogP contribution < -0.4 is 15.8 Å². The molecule has 0 aliphatic rings. The van der Waals surface area contributed by atoms with Gasteiger partial charge in [-0.25, -0.2) is 19.3 Å². The number of hydrogen-bond acceptors (Lipinski definition) is 7. The molecule has 0 bridgehead atoms. The van der Waals surface area contributed by atoms with Crippen LogP contribution >= 0.6 is 0 Å². The maximum Gasteiger partial charge on any atom is 0.233 e. The molecule has 0 amide bonds. The van der Waals surface area contributed by atoms with Crippen molar-refractivity contribution < 1.29 is 13.9 Å². The van der Waals surface area contributed by atoms with Crippen LogP contribution in [0.1, 0.15) is 21.6 Å². The summed E-state index contributed by atoms with van der Waals surface area (Å²) in [6.45, 7) is 0.268. The zero-order valence-electron chi connectivity index (χ0n) is 15.4. The molecular formula is C21H18FN5O2. The lowest BCUT2D eigenvalue weighted by molar-refractivity contribution is 0.0987. The smallest absolute Gasteiger partial charge is 0.233 e. The molecule has 0 aliphatic carbocycles. The zero-order valence-corrected chi connectivity index (χ0v) is 15.4. The molecule has 3 rings (SSSR count). The number of nitrogens with one attached hydrogen (secondary N) is 1. The molecule has 3 aromatic rings. The standard InChI is InChI=1S/C21H18FN5O2/c1-2-8-29-20-13-26-18(12-27-20)19(28)10-14-5-6-16(22)15(9-14)11-25-17-4-3-7-24-21(17)23/h1,3-7,9,12-13,25H,8,10-11H2,(H2,23,24). The second kappa shape index (κ2) is 9.28. The first-order valence-electron chi connectivity index (χ1n) is 8.70. The van der Waals surface area contributed by atoms with Gasteiger partial charge in [0.1, 0.15) is 17.3 Å². The largest absolute Gasteiger partial charge is 0.463 e. The van der Waals surface area contributed by atoms with Crippen LogP contribution in [0.2, 0.25) is 0 Å². The van der Waals surface area contributed by atoms with Gasteiger partial charge in [-0.1, -0.05) is 18.1 Å². The first kappa shape index (κ1) is 19.8. The number of nitrogens with two attached hydrogens (primary N) is 1. The quantitative estimate of drug-likeness (QED) is 0.449. The molecule has 3 N–H and O–H groups in total. The highest BCUT2D eigenvalue weighted by atomic mass is 19.1. The van der Waals surface area contributed by atoms with Gasteiger partial charge in [-0.15, -0.1) is 6.42 Å². The topological polar surface area (TPSA) is 103 Å². The number of carbonyl (C=O) groups is 1. The van der Waals surface area contributed by atoms with Crippen LogP contribution in [-0.4, -0.2) is 27.3 Å². The van der Waals surface area contributed by atoms with Crippen LogP contribution in [0.25, 0.3) is 0 Å². The zero-order chi connectivity index (χ0) is 20.6. The minimum atomic E-state index is -0.383. The van der Waals surface area contributed by atoms with E-state index < -0.39 is 0 Å². The molecule has 146 valence electrons. The highest BCUT2D eigenvalue weighted by molar-refractivity contribution is 5.95. The Balaban J connectivity index is 1.66. The molecule has 0 radical (unpaired) electrons. The Morgan fingerprint density at radius 3 is 2.83 bits per heavy atom. The second-order valence-electron chi connectivity index (χ2n) is 6.05. The maximum absolute atomic E-state index is 14.2. The molecule has 0 unspecified atom stereocenters. The predicted molar refractivity (Wildman–Crippen MR) is 107 cm³/mol. The molecule has 29 heavy (non-hydrogen) atoms. The van der Waals surface area contributed by atoms with Crippen molar-refractivity contribution in [2.75, 3.05) is 17.7 Å². The van der Waals surface area contributed by atoms with Gasteiger partial charge in [0.2, 0.25) is 5.88 Å². The van der Waals surface area contributed by atoms with E-state index in [0.717, 1.165) is 0 Å². The number of aromatic nitrogens is 3. The lowest BCUT2D eigenvalue weighted by atomic mass is 10.0. The summed E-state index contributed by atoms with van der Waals surface area (Å²) < 4.78 is 19.3. The van der Waals surface area contributed by atoms with E-state index in [2.05, 4.69) is 26.2 Å². The van der Waals surface area contributed by atoms with E-state index in [1.165, 1.54) is 18.5 Å². The average Bonchev–Trinajstić information content (AvgIpc) is 2.74. The van der Waals surface area contributed by atoms with E-state index in [0.29, 0.717) is 22.6 Å². The predicted octanol–water partition coefficient (Wildman–Crippen LogP) is 2.64. The number of halogens is 1. The molecule has 7 nitrogen and oxygen atoms in total. The fourth-order valence-corrected chi connectivity index (χ4v) is 2.56. The number of nitrogen functional groups attached to an aromatic ring is 1. The van der Waals surface area contributed by atoms with Crippen molar-refractivity contribution in [1.82, 2.24) is 15.0 Å². The number of Topliss-reactive ketones (excluding diaryl/α,β-unsaturated/α-hetero) is 1. The number of carbonyl (C=O) groups excluding carboxylic acids is 1. The van der Waals surface area contributed by atoms with Crippen molar-refractivity contribution in [3.05, 3.63) is 71.6 Å². The first-order valence-corrected chi connectivity index (χ1v) is 8.70. The van der Waals surface area contributed by atoms with E-state index in [9.17, 15) is 9.18 Å². The van der Waals surface area contributed by atoms with Crippen molar-refractivity contribution in [1.29, 1.82) is 0 Å². The number of anilines is 2. The Bertz CT molecular complexity index is 1050. The van der Waals surface area contributed by atoms with E-state index in [1.54, 1.807) is 30.5 Å². The van der Waals surface area contributed by atoms with Gasteiger partial charge >= 0.3 is 0 Å². The van der Waals surface area contributed by atoms with Crippen molar-refractivity contribution in [2.24, 2.45) is 0 Å². The van der Waals surface area contributed by atoms with Gasteiger partial charge in [0, 0.05) is 24.7 Å². The van der Waals surface area contributed by atoms with Gasteiger partial charge in [-0.05, 0) is 23.8 Å². The Morgan fingerprint density at radius 1 is 1.24 bits per heavy atom. The fourth-order valence-electron chi connectivity index (χ4n) is 2.56. The molecule has 2 aromatic heterocycles. The van der Waals surface area contributed by atoms with Gasteiger partial charge in [0.05, 0.1) is 18.1 Å². The van der Waals surface area contributed by atoms with Crippen LogP contribution in [0.3, 0.4) is 0 Å². The normalized spacial score (nSPS) is 10.2. The molecule has 0 saturated carbocycles. The van der Waals surface area contributed by atoms with Gasteiger partial charge in [-0.3, -0.25) is 4.79 Å². The Kier molecular flexibility index (Phi) is 6.32. The van der Waals surface area contributed by atoms with Gasteiger partial charge < -0.3 is 15.8 Å². The minimum Gasteiger partial charge on any atom is -0.463 e. The summed E-state index contributed by atoms with van der Waals surface area (Å²) in [7, 11) is 0. The van der Waals surface area contributed by atoms with Crippen molar-refractivity contribution >= 4 is 17.3 Å². The monoisotopic (exact) mass is 391 g/mol. The van der Waals surface area contributed by atoms with Crippen LogP contribution in [0, 0.1) is 18.2 Å². The number of benzene rings is 1. The number of ether oxygens (including phenoxy) is 1. The molecule has 0 saturated heterocycles. The molecule has 1 aromatic carbocycles. The number of pyridine rings is 1. The third-order valence-corrected chi connectivity index (χ3v) is 4.00. The molecule has 0 spiro atoms. The third-order valence-electron chi connectivity index (χ3n) is 4.00. The summed E-state index contributed by atoms with van der Waals surface area (Å²) in [6.07, 6.45) is 9.40. The molecule has 2 heterocycles. The molecule has 0 fully saturated rings. The molecule has 0 atom stereocenters. The van der Waals surface area contributed by atoms with Crippen molar-refractivity contribution in [3.63, 3.8) is 0 Å². The minimum absolute atomic E-state index is 0.0571. The highest BCUT2D eigenvalue weighted by Crippen LogP contribution is 2.18. The van der Waals surface area contributed by atoms with Crippen LogP contribution in [0.5, 0.6) is 5.88 Å². The number of rotatable bonds is 8. The van der Waals surface area contributed by atoms with E-state index >= 15 is 0 Å². The lowest BCUT2D eigenvalue weighted by Crippen LogP contribution is -2.09. The summed E-state index contributed by atoms with van der Waals surface area (Å²) >= 11 is 0. The van der Waals surface area contributed by atoms with Gasteiger partial charge in [0.15, 0.2) is 12.4 Å². The van der Waals surface area contributed by atoms with Crippen LogP contribution in [0.4, 0.5) is 15.9 Å². The van der Waals surface area contributed by atoms with Gasteiger partial charge in [0.25, 0.3) is 0 Å². The molecule has 0 aliphatic heterocycles. The fraction of sp³-hybridized carbons (Fsp3) is 0.143. The Labute approximate surface area is 167 Å². The highest BCUT2D eigenvalue weighted by Gasteiger charge is 2.12. The number of nitrogens with zero attached hydrogens (tertiary/aromatic N) is 3. The summed E-state index contributed by atoms with van der Waals surface area (Å²) in [6, 6.07) is 8.00. The SMILES string of the molecule is C#CCOc1cnc(C(=O)Cc2ccc(F)c(CNc3cccnc3N)c2)cn1. The lowest BCUT2D eigenvalue weighted by Gasteiger charge is -2.10. The number of terminal acetylenes is 1.